The second kappa shape index (κ2) is 12.9. The first-order chi connectivity index (χ1) is 7.77. The molecular weight excluding hydrogens is 220 g/mol. The summed E-state index contributed by atoms with van der Waals surface area (Å²) in [6.07, 6.45) is 12.5. The summed E-state index contributed by atoms with van der Waals surface area (Å²) < 4.78 is 0. The van der Waals surface area contributed by atoms with Crippen molar-refractivity contribution in [3.63, 3.8) is 0 Å². The lowest BCUT2D eigenvalue weighted by Crippen LogP contribution is -1.93. The van der Waals surface area contributed by atoms with E-state index in [1.165, 1.54) is 51.4 Å². The van der Waals surface area contributed by atoms with E-state index >= 15 is 0 Å². The van der Waals surface area contributed by atoms with E-state index in [1.807, 2.05) is 0 Å². The third-order valence-electron chi connectivity index (χ3n) is 2.78. The molecule has 0 aromatic carbocycles. The van der Waals surface area contributed by atoms with Crippen LogP contribution in [0, 0.1) is 0 Å². The highest BCUT2D eigenvalue weighted by atomic mass is 32.1. The summed E-state index contributed by atoms with van der Waals surface area (Å²) in [5.74, 6) is 0.241. The summed E-state index contributed by atoms with van der Waals surface area (Å²) in [5.41, 5.74) is 0. The van der Waals surface area contributed by atoms with Gasteiger partial charge in [-0.2, -0.15) is 0 Å². The number of hydrogen-bond donors (Lipinski definition) is 1. The third-order valence-corrected chi connectivity index (χ3v) is 3.07. The van der Waals surface area contributed by atoms with Crippen molar-refractivity contribution in [3.05, 3.63) is 0 Å². The maximum absolute atomic E-state index is 10.3. The van der Waals surface area contributed by atoms with Gasteiger partial charge in [0, 0.05) is 12.2 Å². The summed E-state index contributed by atoms with van der Waals surface area (Å²) in [5, 5.41) is 8.45. The van der Waals surface area contributed by atoms with Crippen molar-refractivity contribution < 1.29 is 9.90 Å². The first kappa shape index (κ1) is 15.8. The van der Waals surface area contributed by atoms with E-state index < -0.39 is 5.97 Å². The van der Waals surface area contributed by atoms with E-state index in [0.717, 1.165) is 18.6 Å². The Morgan fingerprint density at radius 1 is 0.750 bits per heavy atom. The van der Waals surface area contributed by atoms with Crippen molar-refractivity contribution >= 4 is 18.6 Å². The highest BCUT2D eigenvalue weighted by Gasteiger charge is 1.96. The molecule has 0 spiro atoms. The topological polar surface area (TPSA) is 37.3 Å². The van der Waals surface area contributed by atoms with E-state index in [2.05, 4.69) is 0 Å². The Bertz CT molecular complexity index is 160. The van der Waals surface area contributed by atoms with Crippen LogP contribution in [0.1, 0.15) is 70.6 Å². The molecule has 0 aliphatic heterocycles. The van der Waals surface area contributed by atoms with Crippen LogP contribution in [0.15, 0.2) is 0 Å². The van der Waals surface area contributed by atoms with Gasteiger partial charge in [0.1, 0.15) is 0 Å². The quantitative estimate of drug-likeness (QED) is 0.512. The van der Waals surface area contributed by atoms with Crippen LogP contribution < -0.4 is 0 Å². The van der Waals surface area contributed by atoms with Crippen LogP contribution >= 0.6 is 12.6 Å². The van der Waals surface area contributed by atoms with Gasteiger partial charge in [0.25, 0.3) is 0 Å². The number of unbranched alkanes of at least 4 members (excludes halogenated alkanes) is 9. The fourth-order valence-corrected chi connectivity index (χ4v) is 2.00. The average Bonchev–Trinajstić information content (AvgIpc) is 2.25. The Balaban J connectivity index is 2.90. The summed E-state index contributed by atoms with van der Waals surface area (Å²) in [4.78, 5) is 10.3. The molecule has 0 aromatic heterocycles. The van der Waals surface area contributed by atoms with E-state index in [0.29, 0.717) is 6.42 Å². The second-order valence-corrected chi connectivity index (χ2v) is 4.79. The van der Waals surface area contributed by atoms with Crippen molar-refractivity contribution in [2.24, 2.45) is 0 Å². The average molecular weight is 245 g/mol. The van der Waals surface area contributed by atoms with Gasteiger partial charge in [0.05, 0.1) is 0 Å². The van der Waals surface area contributed by atoms with Crippen LogP contribution in [0.3, 0.4) is 0 Å². The Morgan fingerprint density at radius 3 is 1.50 bits per heavy atom. The molecule has 0 rings (SSSR count). The predicted octanol–water partition coefficient (Wildman–Crippen LogP) is 4.56. The Kier molecular flexibility index (Phi) is 12.7. The van der Waals surface area contributed by atoms with Gasteiger partial charge in [0.2, 0.25) is 0 Å². The molecule has 1 N–H and O–H groups in total. The Labute approximate surface area is 105 Å². The maximum atomic E-state index is 10.3. The highest BCUT2D eigenvalue weighted by molar-refractivity contribution is 7.80. The van der Waals surface area contributed by atoms with Gasteiger partial charge in [-0.05, 0) is 12.8 Å². The van der Waals surface area contributed by atoms with Crippen LogP contribution in [0.2, 0.25) is 0 Å². The van der Waals surface area contributed by atoms with Gasteiger partial charge in [-0.1, -0.05) is 64.0 Å². The number of carboxylic acids is 1. The van der Waals surface area contributed by atoms with E-state index in [-0.39, 0.29) is 0 Å². The van der Waals surface area contributed by atoms with Crippen LogP contribution in [0.5, 0.6) is 0 Å². The van der Waals surface area contributed by atoms with Gasteiger partial charge in [-0.25, -0.2) is 0 Å². The summed E-state index contributed by atoms with van der Waals surface area (Å²) >= 11 is 4.89. The van der Waals surface area contributed by atoms with Crippen LogP contribution in [-0.4, -0.2) is 16.8 Å². The van der Waals surface area contributed by atoms with Crippen LogP contribution in [-0.2, 0) is 4.79 Å². The molecule has 0 bridgehead atoms. The summed E-state index contributed by atoms with van der Waals surface area (Å²) in [7, 11) is 0. The molecule has 0 amide bonds. The highest BCUT2D eigenvalue weighted by Crippen LogP contribution is 2.11. The molecule has 0 heterocycles. The molecule has 3 heteroatoms. The van der Waals surface area contributed by atoms with Crippen molar-refractivity contribution in [2.75, 3.05) is 5.75 Å². The largest absolute Gasteiger partial charge is 0.481 e. The fourth-order valence-electron chi connectivity index (χ4n) is 1.79. The molecule has 0 unspecified atom stereocenters. The molecule has 1 radical (unpaired) electrons. The third kappa shape index (κ3) is 13.8. The normalized spacial score (nSPS) is 10.6. The Hall–Kier alpha value is -0.180. The van der Waals surface area contributed by atoms with Gasteiger partial charge < -0.3 is 5.11 Å². The number of hydrogen-bond acceptors (Lipinski definition) is 1. The minimum absolute atomic E-state index is 0.334. The van der Waals surface area contributed by atoms with Crippen molar-refractivity contribution in [3.8, 4) is 0 Å². The van der Waals surface area contributed by atoms with Crippen molar-refractivity contribution in [1.82, 2.24) is 0 Å². The van der Waals surface area contributed by atoms with Crippen molar-refractivity contribution in [2.45, 2.75) is 70.6 Å². The molecule has 0 aromatic rings. The molecular formula is C13H25O2S. The van der Waals surface area contributed by atoms with E-state index in [1.54, 1.807) is 0 Å². The minimum atomic E-state index is -0.665. The summed E-state index contributed by atoms with van der Waals surface area (Å²) in [6, 6.07) is 0. The molecule has 0 aliphatic rings. The molecule has 0 saturated carbocycles. The standard InChI is InChI=1S/C13H25O2S/c14-13(15)11-9-7-5-3-1-2-4-6-8-10-12-16/h1-12H2,(H,14,15). The molecule has 2 nitrogen and oxygen atoms in total. The number of aliphatic carboxylic acids is 1. The molecule has 0 saturated heterocycles. The van der Waals surface area contributed by atoms with Crippen LogP contribution in [0.25, 0.3) is 0 Å². The molecule has 16 heavy (non-hydrogen) atoms. The predicted molar refractivity (Wildman–Crippen MR) is 70.9 cm³/mol. The van der Waals surface area contributed by atoms with E-state index in [4.69, 9.17) is 17.7 Å². The zero-order chi connectivity index (χ0) is 12.1. The first-order valence-electron chi connectivity index (χ1n) is 6.57. The zero-order valence-corrected chi connectivity index (χ0v) is 11.1. The van der Waals surface area contributed by atoms with E-state index in [9.17, 15) is 4.79 Å². The minimum Gasteiger partial charge on any atom is -0.481 e. The Morgan fingerprint density at radius 2 is 1.12 bits per heavy atom. The first-order valence-corrected chi connectivity index (χ1v) is 7.15. The lowest BCUT2D eigenvalue weighted by molar-refractivity contribution is -0.137. The maximum Gasteiger partial charge on any atom is 0.303 e. The van der Waals surface area contributed by atoms with Gasteiger partial charge in [-0.3, -0.25) is 4.79 Å². The number of carbonyl (C=O) groups is 1. The van der Waals surface area contributed by atoms with Gasteiger partial charge in [-0.15, -0.1) is 0 Å². The lowest BCUT2D eigenvalue weighted by atomic mass is 10.1. The van der Waals surface area contributed by atoms with Crippen molar-refractivity contribution in [1.29, 1.82) is 0 Å². The molecule has 0 aliphatic carbocycles. The molecule has 0 atom stereocenters. The zero-order valence-electron chi connectivity index (χ0n) is 10.2. The van der Waals surface area contributed by atoms with Crippen LogP contribution in [0.4, 0.5) is 0 Å². The fraction of sp³-hybridized carbons (Fsp3) is 0.923. The molecule has 95 valence electrons. The monoisotopic (exact) mass is 245 g/mol. The summed E-state index contributed by atoms with van der Waals surface area (Å²) in [6.45, 7) is 0. The second-order valence-electron chi connectivity index (χ2n) is 4.38. The van der Waals surface area contributed by atoms with Gasteiger partial charge >= 0.3 is 5.97 Å². The SMILES string of the molecule is O=C(O)CCCCCCCCCCCC[S]. The number of rotatable bonds is 12. The smallest absolute Gasteiger partial charge is 0.303 e. The molecule has 0 fully saturated rings. The lowest BCUT2D eigenvalue weighted by Gasteiger charge is -2.01. The number of carboxylic acid groups (broad SMARTS) is 1. The van der Waals surface area contributed by atoms with Gasteiger partial charge in [0.15, 0.2) is 0 Å².